The molecule has 3 fully saturated rings. The van der Waals surface area contributed by atoms with Crippen LogP contribution in [0.3, 0.4) is 0 Å². The average Bonchev–Trinajstić information content (AvgIpc) is 2.92. The van der Waals surface area contributed by atoms with Crippen molar-refractivity contribution in [3.63, 3.8) is 0 Å². The minimum Gasteiger partial charge on any atom is -0.380 e. The Labute approximate surface area is 125 Å². The van der Waals surface area contributed by atoms with E-state index < -0.39 is 41.3 Å². The Morgan fingerprint density at radius 3 is 2.19 bits per heavy atom. The minimum absolute atomic E-state index is 0.322. The highest BCUT2D eigenvalue weighted by atomic mass is 16.9. The summed E-state index contributed by atoms with van der Waals surface area (Å²) in [5.74, 6) is -1.52. The van der Waals surface area contributed by atoms with Crippen molar-refractivity contribution in [2.24, 2.45) is 0 Å². The first kappa shape index (κ1) is 15.4. The Bertz CT molecular complexity index is 461. The van der Waals surface area contributed by atoms with Crippen LogP contribution in [0.15, 0.2) is 12.7 Å². The van der Waals surface area contributed by atoms with Crippen molar-refractivity contribution >= 4 is 0 Å². The molecule has 3 rings (SSSR count). The zero-order valence-electron chi connectivity index (χ0n) is 13.2. The molecule has 0 aromatic carbocycles. The summed E-state index contributed by atoms with van der Waals surface area (Å²) in [6.45, 7) is 13.1. The first-order chi connectivity index (χ1) is 9.53. The first-order valence-electron chi connectivity index (χ1n) is 7.24. The lowest BCUT2D eigenvalue weighted by atomic mass is 9.78. The molecule has 0 amide bonds. The Hall–Kier alpha value is -0.500. The Morgan fingerprint density at radius 2 is 1.67 bits per heavy atom. The summed E-state index contributed by atoms with van der Waals surface area (Å²) in [6.07, 6.45) is -0.309. The van der Waals surface area contributed by atoms with Crippen molar-refractivity contribution in [2.45, 2.75) is 75.9 Å². The van der Waals surface area contributed by atoms with Gasteiger partial charge < -0.3 is 28.8 Å². The lowest BCUT2D eigenvalue weighted by molar-refractivity contribution is -0.272. The third-order valence-electron chi connectivity index (χ3n) is 4.58. The monoisotopic (exact) mass is 300 g/mol. The molecule has 1 N–H and O–H groups in total. The summed E-state index contributed by atoms with van der Waals surface area (Å²) >= 11 is 0. The number of fused-ring (bicyclic) bond motifs is 1. The van der Waals surface area contributed by atoms with Crippen LogP contribution in [0.2, 0.25) is 0 Å². The third kappa shape index (κ3) is 2.09. The van der Waals surface area contributed by atoms with Crippen LogP contribution in [0, 0.1) is 0 Å². The predicted molar refractivity (Wildman–Crippen MR) is 73.4 cm³/mol. The Balaban J connectivity index is 1.92. The fourth-order valence-corrected chi connectivity index (χ4v) is 3.34. The maximum Gasteiger partial charge on any atom is 0.191 e. The van der Waals surface area contributed by atoms with Crippen LogP contribution in [-0.2, 0) is 23.7 Å². The normalized spacial score (nSPS) is 51.0. The first-order valence-corrected chi connectivity index (χ1v) is 7.24. The molecule has 21 heavy (non-hydrogen) atoms. The van der Waals surface area contributed by atoms with E-state index in [9.17, 15) is 5.11 Å². The molecule has 0 spiro atoms. The van der Waals surface area contributed by atoms with Gasteiger partial charge in [-0.25, -0.2) is 0 Å². The third-order valence-corrected chi connectivity index (χ3v) is 4.58. The van der Waals surface area contributed by atoms with E-state index in [0.717, 1.165) is 0 Å². The van der Waals surface area contributed by atoms with Crippen molar-refractivity contribution < 1.29 is 28.8 Å². The van der Waals surface area contributed by atoms with Gasteiger partial charge in [0.05, 0.1) is 6.61 Å². The number of aliphatic hydroxyl groups is 1. The standard InChI is InChI=1S/C15H24O6/c1-7-15(16)10-11(20-13(4,5)19-10)21-14(15,6)9-8-17-12(2,3)18-9/h7,9-11,16H,1,8H2,2-6H3/t9?,10-,11-,14?,15-/m0/s1. The molecule has 3 aliphatic rings. The second-order valence-electron chi connectivity index (χ2n) is 7.00. The van der Waals surface area contributed by atoms with Crippen LogP contribution in [0.1, 0.15) is 34.6 Å². The highest BCUT2D eigenvalue weighted by Gasteiger charge is 2.71. The van der Waals surface area contributed by atoms with Gasteiger partial charge in [-0.3, -0.25) is 0 Å². The van der Waals surface area contributed by atoms with Crippen LogP contribution in [-0.4, -0.2) is 53.0 Å². The van der Waals surface area contributed by atoms with E-state index >= 15 is 0 Å². The van der Waals surface area contributed by atoms with E-state index in [4.69, 9.17) is 23.7 Å². The molecule has 0 aromatic rings. The van der Waals surface area contributed by atoms with Crippen LogP contribution in [0.4, 0.5) is 0 Å². The van der Waals surface area contributed by atoms with Crippen molar-refractivity contribution in [1.82, 2.24) is 0 Å². The van der Waals surface area contributed by atoms with E-state index in [-0.39, 0.29) is 0 Å². The quantitative estimate of drug-likeness (QED) is 0.776. The van der Waals surface area contributed by atoms with Crippen molar-refractivity contribution in [2.75, 3.05) is 6.61 Å². The minimum atomic E-state index is -1.43. The molecule has 120 valence electrons. The van der Waals surface area contributed by atoms with Gasteiger partial charge in [0.2, 0.25) is 0 Å². The van der Waals surface area contributed by atoms with Gasteiger partial charge in [0.25, 0.3) is 0 Å². The lowest BCUT2D eigenvalue weighted by Gasteiger charge is -2.42. The van der Waals surface area contributed by atoms with Crippen molar-refractivity contribution in [3.05, 3.63) is 12.7 Å². The fraction of sp³-hybridized carbons (Fsp3) is 0.867. The van der Waals surface area contributed by atoms with Gasteiger partial charge in [0.1, 0.15) is 23.4 Å². The van der Waals surface area contributed by atoms with E-state index in [2.05, 4.69) is 6.58 Å². The summed E-state index contributed by atoms with van der Waals surface area (Å²) < 4.78 is 29.1. The Morgan fingerprint density at radius 1 is 1.00 bits per heavy atom. The van der Waals surface area contributed by atoms with Gasteiger partial charge in [-0.15, -0.1) is 6.58 Å². The summed E-state index contributed by atoms with van der Waals surface area (Å²) in [4.78, 5) is 0. The molecule has 0 aromatic heterocycles. The summed E-state index contributed by atoms with van der Waals surface area (Å²) in [7, 11) is 0. The lowest BCUT2D eigenvalue weighted by Crippen LogP contribution is -2.61. The highest BCUT2D eigenvalue weighted by molar-refractivity contribution is 5.23. The van der Waals surface area contributed by atoms with Gasteiger partial charge >= 0.3 is 0 Å². The predicted octanol–water partition coefficient (Wildman–Crippen LogP) is 1.32. The largest absolute Gasteiger partial charge is 0.380 e. The molecular weight excluding hydrogens is 276 g/mol. The maximum atomic E-state index is 11.2. The van der Waals surface area contributed by atoms with Gasteiger partial charge in [0, 0.05) is 0 Å². The molecule has 6 heteroatoms. The second kappa shape index (κ2) is 4.28. The van der Waals surface area contributed by atoms with Crippen molar-refractivity contribution in [3.8, 4) is 0 Å². The van der Waals surface area contributed by atoms with Gasteiger partial charge in [-0.1, -0.05) is 6.08 Å². The second-order valence-corrected chi connectivity index (χ2v) is 7.00. The Kier molecular flexibility index (Phi) is 3.14. The molecular formula is C15H24O6. The van der Waals surface area contributed by atoms with E-state index in [1.54, 1.807) is 20.8 Å². The molecule has 0 bridgehead atoms. The molecule has 3 heterocycles. The molecule has 3 aliphatic heterocycles. The molecule has 0 saturated carbocycles. The van der Waals surface area contributed by atoms with Gasteiger partial charge in [0.15, 0.2) is 17.9 Å². The van der Waals surface area contributed by atoms with Crippen molar-refractivity contribution in [1.29, 1.82) is 0 Å². The van der Waals surface area contributed by atoms with Crippen LogP contribution < -0.4 is 0 Å². The van der Waals surface area contributed by atoms with E-state index in [1.807, 2.05) is 13.8 Å². The van der Waals surface area contributed by atoms with E-state index in [0.29, 0.717) is 6.61 Å². The number of rotatable bonds is 2. The zero-order chi connectivity index (χ0) is 15.7. The van der Waals surface area contributed by atoms with Crippen LogP contribution >= 0.6 is 0 Å². The SMILES string of the molecule is C=C[C@]1(O)[C@H]2OC(C)(C)O[C@H]2OC1(C)C1COC(C)(C)O1. The molecule has 0 radical (unpaired) electrons. The summed E-state index contributed by atoms with van der Waals surface area (Å²) in [5, 5.41) is 11.2. The van der Waals surface area contributed by atoms with E-state index in [1.165, 1.54) is 6.08 Å². The zero-order valence-corrected chi connectivity index (χ0v) is 13.2. The average molecular weight is 300 g/mol. The van der Waals surface area contributed by atoms with Crippen LogP contribution in [0.5, 0.6) is 0 Å². The number of hydrogen-bond acceptors (Lipinski definition) is 6. The fourth-order valence-electron chi connectivity index (χ4n) is 3.34. The maximum absolute atomic E-state index is 11.2. The molecule has 2 unspecified atom stereocenters. The molecule has 6 nitrogen and oxygen atoms in total. The van der Waals surface area contributed by atoms with Gasteiger partial charge in [-0.05, 0) is 34.6 Å². The summed E-state index contributed by atoms with van der Waals surface area (Å²) in [5.41, 5.74) is -2.49. The molecule has 0 aliphatic carbocycles. The molecule has 5 atom stereocenters. The highest BCUT2D eigenvalue weighted by Crippen LogP contribution is 2.52. The smallest absolute Gasteiger partial charge is 0.191 e. The summed E-state index contributed by atoms with van der Waals surface area (Å²) in [6, 6.07) is 0. The topological polar surface area (TPSA) is 66.4 Å². The van der Waals surface area contributed by atoms with Gasteiger partial charge in [-0.2, -0.15) is 0 Å². The van der Waals surface area contributed by atoms with Crippen LogP contribution in [0.25, 0.3) is 0 Å². The number of ether oxygens (including phenoxy) is 5. The molecule has 3 saturated heterocycles. The number of hydrogen-bond donors (Lipinski definition) is 1.